The molecule has 0 fully saturated rings. The Bertz CT molecular complexity index is 503. The molecule has 220 valence electrons. The first-order valence-corrected chi connectivity index (χ1v) is 16.3. The molecule has 0 N–H and O–H groups in total. The van der Waals surface area contributed by atoms with Crippen LogP contribution in [0.15, 0.2) is 0 Å². The van der Waals surface area contributed by atoms with Crippen molar-refractivity contribution in [2.24, 2.45) is 11.8 Å². The maximum atomic E-state index is 12.3. The summed E-state index contributed by atoms with van der Waals surface area (Å²) in [6.45, 7) is 10.1. The molecule has 0 amide bonds. The van der Waals surface area contributed by atoms with Gasteiger partial charge in [-0.15, -0.1) is 0 Å². The lowest BCUT2D eigenvalue weighted by molar-refractivity contribution is -0.145. The lowest BCUT2D eigenvalue weighted by atomic mass is 9.87. The van der Waals surface area contributed by atoms with Crippen LogP contribution in [0.5, 0.6) is 0 Å². The summed E-state index contributed by atoms with van der Waals surface area (Å²) in [5, 5.41) is 0. The van der Waals surface area contributed by atoms with Crippen molar-refractivity contribution in [3.05, 3.63) is 0 Å². The SMILES string of the molecule is CCCCCCCCOC(=O)CCCCCCCCCCC(CC(=O)OCCCCCCCC)C(C)C. The lowest BCUT2D eigenvalue weighted by Crippen LogP contribution is -2.17. The van der Waals surface area contributed by atoms with E-state index in [0.29, 0.717) is 37.9 Å². The molecule has 0 aromatic heterocycles. The Morgan fingerprint density at radius 2 is 0.919 bits per heavy atom. The van der Waals surface area contributed by atoms with Crippen LogP contribution in [0.2, 0.25) is 0 Å². The largest absolute Gasteiger partial charge is 0.466 e. The van der Waals surface area contributed by atoms with E-state index in [9.17, 15) is 9.59 Å². The van der Waals surface area contributed by atoms with Crippen LogP contribution in [0, 0.1) is 11.8 Å². The summed E-state index contributed by atoms with van der Waals surface area (Å²) in [5.74, 6) is 0.954. The van der Waals surface area contributed by atoms with Gasteiger partial charge in [0.05, 0.1) is 13.2 Å². The second kappa shape index (κ2) is 28.0. The topological polar surface area (TPSA) is 52.6 Å². The monoisotopic (exact) mass is 524 g/mol. The van der Waals surface area contributed by atoms with Crippen molar-refractivity contribution in [1.29, 1.82) is 0 Å². The van der Waals surface area contributed by atoms with Gasteiger partial charge in [-0.3, -0.25) is 9.59 Å². The second-order valence-corrected chi connectivity index (χ2v) is 11.6. The predicted molar refractivity (Wildman–Crippen MR) is 158 cm³/mol. The third-order valence-corrected chi connectivity index (χ3v) is 7.60. The van der Waals surface area contributed by atoms with Gasteiger partial charge in [0, 0.05) is 12.8 Å². The van der Waals surface area contributed by atoms with Gasteiger partial charge in [0.2, 0.25) is 0 Å². The Balaban J connectivity index is 3.58. The number of hydrogen-bond donors (Lipinski definition) is 0. The molecule has 0 aliphatic rings. The molecular formula is C33H64O4. The van der Waals surface area contributed by atoms with Gasteiger partial charge in [-0.1, -0.05) is 137 Å². The number of ether oxygens (including phenoxy) is 2. The molecule has 0 aromatic rings. The highest BCUT2D eigenvalue weighted by atomic mass is 16.5. The van der Waals surface area contributed by atoms with Crippen LogP contribution in [-0.2, 0) is 19.1 Å². The molecule has 0 spiro atoms. The number of hydrogen-bond acceptors (Lipinski definition) is 4. The van der Waals surface area contributed by atoms with Gasteiger partial charge in [-0.05, 0) is 37.5 Å². The third-order valence-electron chi connectivity index (χ3n) is 7.60. The van der Waals surface area contributed by atoms with E-state index in [-0.39, 0.29) is 11.9 Å². The van der Waals surface area contributed by atoms with Gasteiger partial charge < -0.3 is 9.47 Å². The summed E-state index contributed by atoms with van der Waals surface area (Å²) in [7, 11) is 0. The number of carbonyl (C=O) groups excluding carboxylic acids is 2. The molecule has 0 aromatic carbocycles. The smallest absolute Gasteiger partial charge is 0.306 e. The molecular weight excluding hydrogens is 460 g/mol. The molecule has 4 heteroatoms. The summed E-state index contributed by atoms with van der Waals surface area (Å²) in [5.41, 5.74) is 0. The van der Waals surface area contributed by atoms with Gasteiger partial charge >= 0.3 is 11.9 Å². The maximum absolute atomic E-state index is 12.3. The quantitative estimate of drug-likeness (QED) is 0.0754. The summed E-state index contributed by atoms with van der Waals surface area (Å²) in [4.78, 5) is 24.1. The zero-order valence-corrected chi connectivity index (χ0v) is 25.5. The first-order chi connectivity index (χ1) is 18.0. The number of esters is 2. The van der Waals surface area contributed by atoms with Crippen molar-refractivity contribution >= 4 is 11.9 Å². The highest BCUT2D eigenvalue weighted by Gasteiger charge is 2.18. The molecule has 4 nitrogen and oxygen atoms in total. The van der Waals surface area contributed by atoms with Gasteiger partial charge in [-0.25, -0.2) is 0 Å². The standard InChI is InChI=1S/C33H64O4/c1-5-7-9-11-19-23-27-36-32(34)26-22-18-16-14-13-15-17-21-25-31(30(3)4)29-33(35)37-28-24-20-12-10-8-6-2/h30-31H,5-29H2,1-4H3. The van der Waals surface area contributed by atoms with E-state index in [1.807, 2.05) is 0 Å². The zero-order chi connectivity index (χ0) is 27.4. The maximum Gasteiger partial charge on any atom is 0.306 e. The minimum Gasteiger partial charge on any atom is -0.466 e. The van der Waals surface area contributed by atoms with Crippen molar-refractivity contribution in [3.63, 3.8) is 0 Å². The zero-order valence-electron chi connectivity index (χ0n) is 25.5. The molecule has 0 saturated carbocycles. The molecule has 0 bridgehead atoms. The molecule has 37 heavy (non-hydrogen) atoms. The van der Waals surface area contributed by atoms with Gasteiger partial charge in [-0.2, -0.15) is 0 Å². The molecule has 0 radical (unpaired) electrons. The molecule has 0 aliphatic carbocycles. The van der Waals surface area contributed by atoms with Crippen molar-refractivity contribution in [2.75, 3.05) is 13.2 Å². The fourth-order valence-electron chi connectivity index (χ4n) is 4.89. The summed E-state index contributed by atoms with van der Waals surface area (Å²) >= 11 is 0. The number of rotatable bonds is 28. The van der Waals surface area contributed by atoms with Crippen LogP contribution < -0.4 is 0 Å². The Morgan fingerprint density at radius 3 is 1.41 bits per heavy atom. The third kappa shape index (κ3) is 26.3. The van der Waals surface area contributed by atoms with E-state index in [2.05, 4.69) is 27.7 Å². The van der Waals surface area contributed by atoms with Crippen LogP contribution in [0.3, 0.4) is 0 Å². The molecule has 0 heterocycles. The van der Waals surface area contributed by atoms with Crippen molar-refractivity contribution < 1.29 is 19.1 Å². The van der Waals surface area contributed by atoms with E-state index >= 15 is 0 Å². The average molecular weight is 525 g/mol. The van der Waals surface area contributed by atoms with E-state index in [1.165, 1.54) is 103 Å². The minimum atomic E-state index is -0.0143. The van der Waals surface area contributed by atoms with Crippen molar-refractivity contribution in [2.45, 2.75) is 175 Å². The minimum absolute atomic E-state index is 0.00134. The van der Waals surface area contributed by atoms with Crippen LogP contribution in [-0.4, -0.2) is 25.2 Å². The van der Waals surface area contributed by atoms with Crippen LogP contribution in [0.1, 0.15) is 175 Å². The summed E-state index contributed by atoms with van der Waals surface area (Å²) < 4.78 is 10.9. The highest BCUT2D eigenvalue weighted by Crippen LogP contribution is 2.23. The number of unbranched alkanes of at least 4 members (excludes halogenated alkanes) is 17. The average Bonchev–Trinajstić information content (AvgIpc) is 2.87. The van der Waals surface area contributed by atoms with E-state index < -0.39 is 0 Å². The normalized spacial score (nSPS) is 12.1. The lowest BCUT2D eigenvalue weighted by Gasteiger charge is -2.20. The van der Waals surface area contributed by atoms with Crippen LogP contribution >= 0.6 is 0 Å². The Morgan fingerprint density at radius 1 is 0.514 bits per heavy atom. The fraction of sp³-hybridized carbons (Fsp3) is 0.939. The highest BCUT2D eigenvalue weighted by molar-refractivity contribution is 5.69. The first kappa shape index (κ1) is 35.9. The molecule has 0 saturated heterocycles. The van der Waals surface area contributed by atoms with E-state index in [4.69, 9.17) is 9.47 Å². The first-order valence-electron chi connectivity index (χ1n) is 16.3. The predicted octanol–water partition coefficient (Wildman–Crippen LogP) is 10.4. The van der Waals surface area contributed by atoms with Gasteiger partial charge in [0.25, 0.3) is 0 Å². The Kier molecular flexibility index (Phi) is 27.2. The molecule has 1 atom stereocenters. The van der Waals surface area contributed by atoms with Gasteiger partial charge in [0.1, 0.15) is 0 Å². The number of carbonyl (C=O) groups is 2. The second-order valence-electron chi connectivity index (χ2n) is 11.6. The van der Waals surface area contributed by atoms with Gasteiger partial charge in [0.15, 0.2) is 0 Å². The van der Waals surface area contributed by atoms with Crippen molar-refractivity contribution in [3.8, 4) is 0 Å². The Hall–Kier alpha value is -1.06. The summed E-state index contributed by atoms with van der Waals surface area (Å²) in [6.07, 6.45) is 26.5. The molecule has 0 rings (SSSR count). The summed E-state index contributed by atoms with van der Waals surface area (Å²) in [6, 6.07) is 0. The van der Waals surface area contributed by atoms with E-state index in [0.717, 1.165) is 32.1 Å². The Labute approximate surface area is 231 Å². The molecule has 0 aliphatic heterocycles. The van der Waals surface area contributed by atoms with Crippen LogP contribution in [0.4, 0.5) is 0 Å². The van der Waals surface area contributed by atoms with Crippen LogP contribution in [0.25, 0.3) is 0 Å². The van der Waals surface area contributed by atoms with E-state index in [1.54, 1.807) is 0 Å². The fourth-order valence-corrected chi connectivity index (χ4v) is 4.89. The van der Waals surface area contributed by atoms with Crippen molar-refractivity contribution in [1.82, 2.24) is 0 Å². The molecule has 1 unspecified atom stereocenters.